The summed E-state index contributed by atoms with van der Waals surface area (Å²) in [5, 5.41) is 0. The lowest BCUT2D eigenvalue weighted by Crippen LogP contribution is -2.39. The van der Waals surface area contributed by atoms with Crippen molar-refractivity contribution < 1.29 is 28.4 Å². The number of unbranched alkanes of at least 4 members (excludes halogenated alkanes) is 6. The molecule has 0 heterocycles. The molecule has 0 bridgehead atoms. The zero-order chi connectivity index (χ0) is 34.1. The summed E-state index contributed by atoms with van der Waals surface area (Å²) in [6.07, 6.45) is 12.3. The minimum atomic E-state index is 0.287. The summed E-state index contributed by atoms with van der Waals surface area (Å²) in [7, 11) is 0. The molecule has 0 amide bonds. The van der Waals surface area contributed by atoms with Crippen molar-refractivity contribution >= 4 is 11.8 Å². The molecule has 46 heavy (non-hydrogen) atoms. The normalized spacial score (nSPS) is 12.2. The Kier molecular flexibility index (Phi) is 31.9. The molecule has 0 unspecified atom stereocenters. The molecule has 0 radical (unpaired) electrons. The highest BCUT2D eigenvalue weighted by atomic mass is 16.5. The minimum absolute atomic E-state index is 0.287. The van der Waals surface area contributed by atoms with Gasteiger partial charge in [0.25, 0.3) is 0 Å². The van der Waals surface area contributed by atoms with Crippen LogP contribution >= 0.6 is 0 Å². The number of rotatable bonds is 32. The molecule has 0 N–H and O–H groups in total. The highest BCUT2D eigenvalue weighted by Gasteiger charge is 2.18. The van der Waals surface area contributed by atoms with Gasteiger partial charge in [-0.2, -0.15) is 9.98 Å². The molecule has 0 aliphatic rings. The standard InChI is InChI=1S/C35H71N5O6/c1-9-15-21-41-27-38(28-42-22-16-10-2)33(7)36-35(40(31-45-25-19-13-5)32-46-26-20-14-6)37-34(8)39(29-43-23-17-11-3)30-44-24-18-12-4/h7,9-32H2,1-6,8H3/b36-35+,37-34+. The molecule has 0 aromatic carbocycles. The van der Waals surface area contributed by atoms with Crippen molar-refractivity contribution in [3.05, 3.63) is 12.4 Å². The maximum absolute atomic E-state index is 6.07. The lowest BCUT2D eigenvalue weighted by molar-refractivity contribution is -0.0281. The molecule has 0 saturated carbocycles. The molecular formula is C35H71N5O6. The Hall–Kier alpha value is -1.76. The topological polar surface area (TPSA) is 89.8 Å². The van der Waals surface area contributed by atoms with Crippen LogP contribution in [0.4, 0.5) is 0 Å². The number of amidine groups is 1. The van der Waals surface area contributed by atoms with Crippen LogP contribution in [-0.4, -0.2) is 107 Å². The van der Waals surface area contributed by atoms with E-state index in [0.717, 1.165) is 82.9 Å². The van der Waals surface area contributed by atoms with E-state index in [0.29, 0.717) is 78.3 Å². The number of hydrogen-bond donors (Lipinski definition) is 0. The maximum Gasteiger partial charge on any atom is 0.232 e. The van der Waals surface area contributed by atoms with Crippen LogP contribution in [0.25, 0.3) is 0 Å². The van der Waals surface area contributed by atoms with E-state index < -0.39 is 0 Å². The number of aliphatic imine (C=N–C) groups is 2. The lowest BCUT2D eigenvalue weighted by atomic mass is 10.4. The zero-order valence-electron chi connectivity index (χ0n) is 30.9. The molecule has 0 saturated heterocycles. The van der Waals surface area contributed by atoms with Crippen molar-refractivity contribution in [2.45, 2.75) is 126 Å². The quantitative estimate of drug-likeness (QED) is 0.0311. The van der Waals surface area contributed by atoms with Crippen LogP contribution in [0.15, 0.2) is 22.4 Å². The Bertz CT molecular complexity index is 719. The Morgan fingerprint density at radius 3 is 1.02 bits per heavy atom. The second kappa shape index (κ2) is 33.2. The Morgan fingerprint density at radius 2 is 0.717 bits per heavy atom. The van der Waals surface area contributed by atoms with Crippen molar-refractivity contribution in [3.63, 3.8) is 0 Å². The third-order valence-electron chi connectivity index (χ3n) is 6.93. The summed E-state index contributed by atoms with van der Waals surface area (Å²) in [5.41, 5.74) is 0. The predicted octanol–water partition coefficient (Wildman–Crippen LogP) is 7.78. The fraction of sp³-hybridized carbons (Fsp3) is 0.886. The number of ether oxygens (including phenoxy) is 6. The lowest BCUT2D eigenvalue weighted by Gasteiger charge is -2.28. The summed E-state index contributed by atoms with van der Waals surface area (Å²) >= 11 is 0. The van der Waals surface area contributed by atoms with Crippen molar-refractivity contribution in [1.82, 2.24) is 14.7 Å². The Morgan fingerprint density at radius 1 is 0.435 bits per heavy atom. The average Bonchev–Trinajstić information content (AvgIpc) is 3.05. The van der Waals surface area contributed by atoms with Gasteiger partial charge >= 0.3 is 0 Å². The van der Waals surface area contributed by atoms with Gasteiger partial charge < -0.3 is 38.2 Å². The third kappa shape index (κ3) is 24.4. The largest absolute Gasteiger partial charge is 0.361 e. The van der Waals surface area contributed by atoms with E-state index >= 15 is 0 Å². The van der Waals surface area contributed by atoms with Gasteiger partial charge in [0.1, 0.15) is 52.0 Å². The Balaban J connectivity index is 6.42. The molecule has 0 rings (SSSR count). The molecule has 0 aromatic rings. The molecule has 0 spiro atoms. The van der Waals surface area contributed by atoms with Crippen LogP contribution < -0.4 is 0 Å². The second-order valence-corrected chi connectivity index (χ2v) is 11.5. The van der Waals surface area contributed by atoms with Gasteiger partial charge in [0.15, 0.2) is 0 Å². The average molecular weight is 658 g/mol. The van der Waals surface area contributed by atoms with E-state index in [-0.39, 0.29) is 13.5 Å². The van der Waals surface area contributed by atoms with Crippen LogP contribution in [0.5, 0.6) is 0 Å². The summed E-state index contributed by atoms with van der Waals surface area (Å²) in [4.78, 5) is 15.8. The van der Waals surface area contributed by atoms with Crippen molar-refractivity contribution in [3.8, 4) is 0 Å². The fourth-order valence-electron chi connectivity index (χ4n) is 3.66. The van der Waals surface area contributed by atoms with Crippen molar-refractivity contribution in [2.75, 3.05) is 80.0 Å². The first-order valence-corrected chi connectivity index (χ1v) is 18.0. The monoisotopic (exact) mass is 658 g/mol. The first kappa shape index (κ1) is 44.2. The smallest absolute Gasteiger partial charge is 0.232 e. The summed E-state index contributed by atoms with van der Waals surface area (Å²) in [6.45, 7) is 25.1. The predicted molar refractivity (Wildman–Crippen MR) is 190 cm³/mol. The number of nitrogens with zero attached hydrogens (tertiary/aromatic N) is 5. The Labute approximate surface area is 282 Å². The van der Waals surface area contributed by atoms with Crippen LogP contribution in [0.2, 0.25) is 0 Å². The van der Waals surface area contributed by atoms with Crippen LogP contribution in [-0.2, 0) is 28.4 Å². The molecule has 0 aliphatic carbocycles. The van der Waals surface area contributed by atoms with E-state index in [1.165, 1.54) is 0 Å². The molecule has 11 heteroatoms. The van der Waals surface area contributed by atoms with Crippen LogP contribution in [0.1, 0.15) is 126 Å². The van der Waals surface area contributed by atoms with Gasteiger partial charge in [-0.25, -0.2) is 0 Å². The fourth-order valence-corrected chi connectivity index (χ4v) is 3.66. The summed E-state index contributed by atoms with van der Waals surface area (Å²) in [5.74, 6) is 1.66. The van der Waals surface area contributed by atoms with Gasteiger partial charge in [-0.05, 0) is 45.4 Å². The SMILES string of the molecule is C=C(/N=C(\N=C(/C)N(COCCCC)COCCCC)N(COCCCC)COCCCC)N(COCCCC)COCCCC. The van der Waals surface area contributed by atoms with Gasteiger partial charge in [0.2, 0.25) is 5.96 Å². The van der Waals surface area contributed by atoms with Crippen molar-refractivity contribution in [2.24, 2.45) is 9.98 Å². The van der Waals surface area contributed by atoms with Gasteiger partial charge in [-0.3, -0.25) is 4.90 Å². The highest BCUT2D eigenvalue weighted by Crippen LogP contribution is 2.11. The number of guanidine groups is 1. The summed E-state index contributed by atoms with van der Waals surface area (Å²) < 4.78 is 36.0. The first-order chi connectivity index (χ1) is 22.5. The molecule has 0 atom stereocenters. The third-order valence-corrected chi connectivity index (χ3v) is 6.93. The van der Waals surface area contributed by atoms with Gasteiger partial charge in [-0.1, -0.05) is 86.6 Å². The van der Waals surface area contributed by atoms with E-state index in [4.69, 9.17) is 38.4 Å². The van der Waals surface area contributed by atoms with Crippen LogP contribution in [0.3, 0.4) is 0 Å². The number of hydrogen-bond acceptors (Lipinski definition) is 8. The maximum atomic E-state index is 6.07. The highest BCUT2D eigenvalue weighted by molar-refractivity contribution is 5.95. The van der Waals surface area contributed by atoms with Crippen LogP contribution in [0, 0.1) is 0 Å². The van der Waals surface area contributed by atoms with Gasteiger partial charge in [0.05, 0.1) is 0 Å². The molecule has 0 aromatic heterocycles. The first-order valence-electron chi connectivity index (χ1n) is 18.0. The summed E-state index contributed by atoms with van der Waals surface area (Å²) in [6, 6.07) is 0. The molecular weight excluding hydrogens is 586 g/mol. The van der Waals surface area contributed by atoms with Gasteiger partial charge in [0, 0.05) is 39.6 Å². The minimum Gasteiger partial charge on any atom is -0.361 e. The van der Waals surface area contributed by atoms with E-state index in [1.54, 1.807) is 0 Å². The zero-order valence-corrected chi connectivity index (χ0v) is 30.9. The van der Waals surface area contributed by atoms with Gasteiger partial charge in [-0.15, -0.1) is 0 Å². The van der Waals surface area contributed by atoms with E-state index in [9.17, 15) is 0 Å². The molecule has 0 fully saturated rings. The molecule has 0 aliphatic heterocycles. The molecule has 11 nitrogen and oxygen atoms in total. The second-order valence-electron chi connectivity index (χ2n) is 11.5. The van der Waals surface area contributed by atoms with E-state index in [2.05, 4.69) is 48.1 Å². The molecule has 272 valence electrons. The van der Waals surface area contributed by atoms with Crippen molar-refractivity contribution in [1.29, 1.82) is 0 Å². The van der Waals surface area contributed by atoms with E-state index in [1.807, 2.05) is 21.6 Å².